The zero-order valence-corrected chi connectivity index (χ0v) is 11.9. The van der Waals surface area contributed by atoms with E-state index in [0.29, 0.717) is 17.9 Å². The van der Waals surface area contributed by atoms with Gasteiger partial charge in [0, 0.05) is 11.3 Å². The highest BCUT2D eigenvalue weighted by atomic mass is 16.5. The van der Waals surface area contributed by atoms with Crippen LogP contribution in [0.1, 0.15) is 27.6 Å². The summed E-state index contributed by atoms with van der Waals surface area (Å²) >= 11 is 0. The first-order chi connectivity index (χ1) is 10.5. The summed E-state index contributed by atoms with van der Waals surface area (Å²) in [6.07, 6.45) is 0. The number of phenolic OH excluding ortho intramolecular Hbond substituents is 2. The Morgan fingerprint density at radius 2 is 1.64 bits per heavy atom. The molecule has 0 spiro atoms. The lowest BCUT2D eigenvalue weighted by molar-refractivity contribution is 0.0526. The highest BCUT2D eigenvalue weighted by Gasteiger charge is 2.10. The number of rotatable bonds is 4. The lowest BCUT2D eigenvalue weighted by Gasteiger charge is -2.07. The van der Waals surface area contributed by atoms with E-state index in [9.17, 15) is 19.8 Å². The summed E-state index contributed by atoms with van der Waals surface area (Å²) in [6, 6.07) is 10.0. The second kappa shape index (κ2) is 6.62. The quantitative estimate of drug-likeness (QED) is 0.595. The minimum Gasteiger partial charge on any atom is -0.504 e. The SMILES string of the molecule is CCOC(=O)c1ccc(NC(=O)c2ccc(O)c(O)c2)cc1. The van der Waals surface area contributed by atoms with Crippen molar-refractivity contribution in [2.75, 3.05) is 11.9 Å². The van der Waals surface area contributed by atoms with Crippen LogP contribution >= 0.6 is 0 Å². The summed E-state index contributed by atoms with van der Waals surface area (Å²) in [4.78, 5) is 23.5. The largest absolute Gasteiger partial charge is 0.504 e. The second-order valence-corrected chi connectivity index (χ2v) is 4.46. The number of anilines is 1. The van der Waals surface area contributed by atoms with Gasteiger partial charge >= 0.3 is 5.97 Å². The van der Waals surface area contributed by atoms with Crippen LogP contribution in [0, 0.1) is 0 Å². The van der Waals surface area contributed by atoms with Crippen LogP contribution in [0.3, 0.4) is 0 Å². The molecule has 0 saturated carbocycles. The lowest BCUT2D eigenvalue weighted by Crippen LogP contribution is -2.12. The molecule has 2 aromatic carbocycles. The third-order valence-corrected chi connectivity index (χ3v) is 2.89. The zero-order chi connectivity index (χ0) is 16.1. The van der Waals surface area contributed by atoms with E-state index in [4.69, 9.17) is 4.74 Å². The summed E-state index contributed by atoms with van der Waals surface area (Å²) < 4.78 is 4.86. The molecular formula is C16H15NO5. The van der Waals surface area contributed by atoms with Crippen LogP contribution in [-0.4, -0.2) is 28.7 Å². The zero-order valence-electron chi connectivity index (χ0n) is 11.9. The first kappa shape index (κ1) is 15.4. The molecule has 0 unspecified atom stereocenters. The molecule has 0 saturated heterocycles. The molecule has 0 aliphatic carbocycles. The maximum Gasteiger partial charge on any atom is 0.338 e. The van der Waals surface area contributed by atoms with Crippen molar-refractivity contribution in [3.63, 3.8) is 0 Å². The molecule has 0 aromatic heterocycles. The molecule has 6 nitrogen and oxygen atoms in total. The lowest BCUT2D eigenvalue weighted by atomic mass is 10.1. The van der Waals surface area contributed by atoms with Crippen LogP contribution in [0.25, 0.3) is 0 Å². The van der Waals surface area contributed by atoms with Crippen molar-refractivity contribution >= 4 is 17.6 Å². The van der Waals surface area contributed by atoms with E-state index in [1.165, 1.54) is 12.1 Å². The van der Waals surface area contributed by atoms with Gasteiger partial charge in [0.2, 0.25) is 0 Å². The van der Waals surface area contributed by atoms with Gasteiger partial charge in [0.15, 0.2) is 11.5 Å². The number of carbonyl (C=O) groups is 2. The second-order valence-electron chi connectivity index (χ2n) is 4.46. The minimum absolute atomic E-state index is 0.199. The molecular weight excluding hydrogens is 286 g/mol. The molecule has 0 heterocycles. The van der Waals surface area contributed by atoms with Crippen LogP contribution in [0.4, 0.5) is 5.69 Å². The molecule has 3 N–H and O–H groups in total. The van der Waals surface area contributed by atoms with Gasteiger partial charge in [-0.1, -0.05) is 0 Å². The number of hydrogen-bond donors (Lipinski definition) is 3. The third kappa shape index (κ3) is 3.54. The van der Waals surface area contributed by atoms with Gasteiger partial charge in [0.25, 0.3) is 5.91 Å². The monoisotopic (exact) mass is 301 g/mol. The van der Waals surface area contributed by atoms with Gasteiger partial charge in [0.1, 0.15) is 0 Å². The number of esters is 1. The summed E-state index contributed by atoms with van der Waals surface area (Å²) in [5, 5.41) is 21.2. The van der Waals surface area contributed by atoms with E-state index in [-0.39, 0.29) is 17.1 Å². The molecule has 0 radical (unpaired) electrons. The van der Waals surface area contributed by atoms with E-state index in [1.54, 1.807) is 31.2 Å². The van der Waals surface area contributed by atoms with Crippen LogP contribution in [0.2, 0.25) is 0 Å². The number of aromatic hydroxyl groups is 2. The van der Waals surface area contributed by atoms with Crippen LogP contribution in [-0.2, 0) is 4.74 Å². The number of hydrogen-bond acceptors (Lipinski definition) is 5. The van der Waals surface area contributed by atoms with Crippen molar-refractivity contribution in [1.82, 2.24) is 0 Å². The summed E-state index contributed by atoms with van der Waals surface area (Å²) in [5.41, 5.74) is 1.08. The van der Waals surface area contributed by atoms with Crippen LogP contribution in [0.5, 0.6) is 11.5 Å². The number of amides is 1. The maximum absolute atomic E-state index is 12.0. The molecule has 114 valence electrons. The minimum atomic E-state index is -0.445. The van der Waals surface area contributed by atoms with Crippen molar-refractivity contribution in [3.8, 4) is 11.5 Å². The number of nitrogens with one attached hydrogen (secondary N) is 1. The van der Waals surface area contributed by atoms with E-state index in [2.05, 4.69) is 5.32 Å². The van der Waals surface area contributed by atoms with Gasteiger partial charge in [0.05, 0.1) is 12.2 Å². The van der Waals surface area contributed by atoms with E-state index in [1.807, 2.05) is 0 Å². The first-order valence-electron chi connectivity index (χ1n) is 6.61. The topological polar surface area (TPSA) is 95.9 Å². The molecule has 2 rings (SSSR count). The number of benzene rings is 2. The smallest absolute Gasteiger partial charge is 0.338 e. The molecule has 0 atom stereocenters. The molecule has 22 heavy (non-hydrogen) atoms. The standard InChI is InChI=1S/C16H15NO5/c1-2-22-16(21)10-3-6-12(7-4-10)17-15(20)11-5-8-13(18)14(19)9-11/h3-9,18-19H,2H2,1H3,(H,17,20). The van der Waals surface area contributed by atoms with Gasteiger partial charge in [-0.25, -0.2) is 4.79 Å². The predicted octanol–water partition coefficient (Wildman–Crippen LogP) is 2.53. The average Bonchev–Trinajstić information content (AvgIpc) is 2.51. The third-order valence-electron chi connectivity index (χ3n) is 2.89. The molecule has 0 fully saturated rings. The Hall–Kier alpha value is -3.02. The van der Waals surface area contributed by atoms with Crippen molar-refractivity contribution in [2.45, 2.75) is 6.92 Å². The summed E-state index contributed by atoms with van der Waals surface area (Å²) in [5.74, 6) is -1.54. The first-order valence-corrected chi connectivity index (χ1v) is 6.61. The summed E-state index contributed by atoms with van der Waals surface area (Å²) in [7, 11) is 0. The predicted molar refractivity (Wildman–Crippen MR) is 80.1 cm³/mol. The van der Waals surface area contributed by atoms with Crippen molar-refractivity contribution in [2.24, 2.45) is 0 Å². The van der Waals surface area contributed by atoms with E-state index < -0.39 is 11.9 Å². The van der Waals surface area contributed by atoms with E-state index in [0.717, 1.165) is 6.07 Å². The number of phenols is 2. The van der Waals surface area contributed by atoms with Crippen LogP contribution in [0.15, 0.2) is 42.5 Å². The fraction of sp³-hybridized carbons (Fsp3) is 0.125. The number of ether oxygens (including phenoxy) is 1. The van der Waals surface area contributed by atoms with Crippen molar-refractivity contribution < 1.29 is 24.5 Å². The van der Waals surface area contributed by atoms with Crippen molar-refractivity contribution in [3.05, 3.63) is 53.6 Å². The van der Waals surface area contributed by atoms with Crippen LogP contribution < -0.4 is 5.32 Å². The molecule has 6 heteroatoms. The van der Waals surface area contributed by atoms with E-state index >= 15 is 0 Å². The van der Waals surface area contributed by atoms with Gasteiger partial charge in [-0.2, -0.15) is 0 Å². The van der Waals surface area contributed by atoms with Gasteiger partial charge < -0.3 is 20.3 Å². The Bertz CT molecular complexity index is 694. The molecule has 0 aliphatic heterocycles. The Balaban J connectivity index is 2.08. The Kier molecular flexibility index (Phi) is 4.63. The number of carbonyl (C=O) groups excluding carboxylic acids is 2. The fourth-order valence-corrected chi connectivity index (χ4v) is 1.77. The highest BCUT2D eigenvalue weighted by molar-refractivity contribution is 6.04. The molecule has 1 amide bonds. The maximum atomic E-state index is 12.0. The molecule has 0 aliphatic rings. The Morgan fingerprint density at radius 1 is 1.00 bits per heavy atom. The summed E-state index contributed by atoms with van der Waals surface area (Å²) in [6.45, 7) is 2.02. The average molecular weight is 301 g/mol. The van der Waals surface area contributed by atoms with Gasteiger partial charge in [-0.3, -0.25) is 4.79 Å². The Morgan fingerprint density at radius 3 is 2.23 bits per heavy atom. The molecule has 2 aromatic rings. The van der Waals surface area contributed by atoms with Gasteiger partial charge in [-0.05, 0) is 49.4 Å². The normalized spacial score (nSPS) is 10.0. The Labute approximate surface area is 127 Å². The molecule has 0 bridgehead atoms. The van der Waals surface area contributed by atoms with Gasteiger partial charge in [-0.15, -0.1) is 0 Å². The highest BCUT2D eigenvalue weighted by Crippen LogP contribution is 2.25. The van der Waals surface area contributed by atoms with Crippen molar-refractivity contribution in [1.29, 1.82) is 0 Å². The fourth-order valence-electron chi connectivity index (χ4n) is 1.77.